The lowest BCUT2D eigenvalue weighted by Crippen LogP contribution is -2.34. The van der Waals surface area contributed by atoms with Crippen molar-refractivity contribution in [2.45, 2.75) is 6.54 Å². The van der Waals surface area contributed by atoms with E-state index in [-0.39, 0.29) is 0 Å². The van der Waals surface area contributed by atoms with Crippen molar-refractivity contribution >= 4 is 40.2 Å². The summed E-state index contributed by atoms with van der Waals surface area (Å²) in [5.74, 6) is 0.400. The Morgan fingerprint density at radius 3 is 3.00 bits per heavy atom. The van der Waals surface area contributed by atoms with Crippen LogP contribution in [0.2, 0.25) is 5.02 Å². The van der Waals surface area contributed by atoms with Crippen molar-refractivity contribution in [1.82, 2.24) is 5.32 Å². The minimum absolute atomic E-state index is 0.400. The van der Waals surface area contributed by atoms with Crippen molar-refractivity contribution in [2.24, 2.45) is 10.7 Å². The SMILES string of the molecule is COCCNC(N)=NCc1ccc(I)cc1Cl. The van der Waals surface area contributed by atoms with Gasteiger partial charge in [-0.3, -0.25) is 0 Å². The minimum Gasteiger partial charge on any atom is -0.383 e. The van der Waals surface area contributed by atoms with Gasteiger partial charge >= 0.3 is 0 Å². The largest absolute Gasteiger partial charge is 0.383 e. The van der Waals surface area contributed by atoms with E-state index >= 15 is 0 Å². The van der Waals surface area contributed by atoms with Gasteiger partial charge in [0.15, 0.2) is 5.96 Å². The van der Waals surface area contributed by atoms with E-state index in [1.54, 1.807) is 7.11 Å². The summed E-state index contributed by atoms with van der Waals surface area (Å²) in [6, 6.07) is 5.85. The topological polar surface area (TPSA) is 59.6 Å². The maximum atomic E-state index is 6.08. The van der Waals surface area contributed by atoms with Crippen molar-refractivity contribution in [2.75, 3.05) is 20.3 Å². The van der Waals surface area contributed by atoms with E-state index < -0.39 is 0 Å². The third-order valence-corrected chi connectivity index (χ3v) is 3.07. The molecule has 4 nitrogen and oxygen atoms in total. The summed E-state index contributed by atoms with van der Waals surface area (Å²) in [6.07, 6.45) is 0. The molecule has 3 N–H and O–H groups in total. The number of hydrogen-bond donors (Lipinski definition) is 2. The molecule has 0 aliphatic carbocycles. The predicted molar refractivity (Wildman–Crippen MR) is 79.4 cm³/mol. The highest BCUT2D eigenvalue weighted by molar-refractivity contribution is 14.1. The zero-order chi connectivity index (χ0) is 12.7. The molecule has 0 spiro atoms. The second-order valence-electron chi connectivity index (χ2n) is 3.36. The molecule has 0 bridgehead atoms. The van der Waals surface area contributed by atoms with Gasteiger partial charge in [0.05, 0.1) is 13.2 Å². The van der Waals surface area contributed by atoms with Crippen molar-refractivity contribution in [3.8, 4) is 0 Å². The number of methoxy groups -OCH3 is 1. The molecule has 0 heterocycles. The third-order valence-electron chi connectivity index (χ3n) is 2.05. The van der Waals surface area contributed by atoms with Crippen LogP contribution in [-0.4, -0.2) is 26.2 Å². The van der Waals surface area contributed by atoms with Gasteiger partial charge in [-0.05, 0) is 40.3 Å². The second-order valence-corrected chi connectivity index (χ2v) is 5.01. The first-order valence-electron chi connectivity index (χ1n) is 5.10. The number of rotatable bonds is 5. The molecule has 1 aromatic rings. The van der Waals surface area contributed by atoms with Gasteiger partial charge in [0, 0.05) is 22.2 Å². The van der Waals surface area contributed by atoms with Crippen LogP contribution in [0.3, 0.4) is 0 Å². The normalized spacial score (nSPS) is 11.6. The lowest BCUT2D eigenvalue weighted by molar-refractivity contribution is 0.204. The van der Waals surface area contributed by atoms with Crippen molar-refractivity contribution in [1.29, 1.82) is 0 Å². The molecule has 0 aliphatic heterocycles. The van der Waals surface area contributed by atoms with Crippen LogP contribution >= 0.6 is 34.2 Å². The molecule has 0 amide bonds. The van der Waals surface area contributed by atoms with Crippen LogP contribution in [0.15, 0.2) is 23.2 Å². The molecule has 0 unspecified atom stereocenters. The molecule has 0 saturated heterocycles. The van der Waals surface area contributed by atoms with Gasteiger partial charge < -0.3 is 15.8 Å². The molecule has 1 rings (SSSR count). The van der Waals surface area contributed by atoms with E-state index in [0.29, 0.717) is 30.7 Å². The molecule has 6 heteroatoms. The number of nitrogens with one attached hydrogen (secondary N) is 1. The summed E-state index contributed by atoms with van der Waals surface area (Å²) in [4.78, 5) is 4.20. The Hall–Kier alpha value is -0.530. The Bertz CT molecular complexity index is 398. The van der Waals surface area contributed by atoms with Crippen molar-refractivity contribution in [3.63, 3.8) is 0 Å². The third kappa shape index (κ3) is 5.56. The van der Waals surface area contributed by atoms with E-state index in [0.717, 1.165) is 9.13 Å². The smallest absolute Gasteiger partial charge is 0.188 e. The molecule has 0 radical (unpaired) electrons. The van der Waals surface area contributed by atoms with Crippen LogP contribution in [0.4, 0.5) is 0 Å². The van der Waals surface area contributed by atoms with Crippen LogP contribution < -0.4 is 11.1 Å². The van der Waals surface area contributed by atoms with Gasteiger partial charge in [-0.2, -0.15) is 0 Å². The summed E-state index contributed by atoms with van der Waals surface area (Å²) in [7, 11) is 1.64. The first-order chi connectivity index (χ1) is 8.13. The number of benzene rings is 1. The van der Waals surface area contributed by atoms with Gasteiger partial charge in [0.25, 0.3) is 0 Å². The zero-order valence-electron chi connectivity index (χ0n) is 9.54. The van der Waals surface area contributed by atoms with Gasteiger partial charge in [0.2, 0.25) is 0 Å². The Kier molecular flexibility index (Phi) is 6.61. The lowest BCUT2D eigenvalue weighted by Gasteiger charge is -2.05. The number of nitrogens with zero attached hydrogens (tertiary/aromatic N) is 1. The fraction of sp³-hybridized carbons (Fsp3) is 0.364. The van der Waals surface area contributed by atoms with Crippen LogP contribution in [-0.2, 0) is 11.3 Å². The fourth-order valence-electron chi connectivity index (χ4n) is 1.16. The molecule has 0 aliphatic rings. The van der Waals surface area contributed by atoms with Crippen LogP contribution in [0.1, 0.15) is 5.56 Å². The van der Waals surface area contributed by atoms with Gasteiger partial charge in [-0.1, -0.05) is 17.7 Å². The summed E-state index contributed by atoms with van der Waals surface area (Å²) >= 11 is 8.30. The Balaban J connectivity index is 2.50. The van der Waals surface area contributed by atoms with Crippen LogP contribution in [0.25, 0.3) is 0 Å². The van der Waals surface area contributed by atoms with E-state index in [2.05, 4.69) is 32.9 Å². The summed E-state index contributed by atoms with van der Waals surface area (Å²) in [5, 5.41) is 3.66. The van der Waals surface area contributed by atoms with Crippen LogP contribution in [0.5, 0.6) is 0 Å². The maximum Gasteiger partial charge on any atom is 0.188 e. The highest BCUT2D eigenvalue weighted by Gasteiger charge is 2.00. The molecular weight excluding hydrogens is 352 g/mol. The predicted octanol–water partition coefficient (Wildman–Crippen LogP) is 2.00. The zero-order valence-corrected chi connectivity index (χ0v) is 12.5. The van der Waals surface area contributed by atoms with E-state index in [1.165, 1.54) is 0 Å². The number of hydrogen-bond acceptors (Lipinski definition) is 2. The first-order valence-corrected chi connectivity index (χ1v) is 6.56. The highest BCUT2D eigenvalue weighted by atomic mass is 127. The molecule has 94 valence electrons. The molecule has 0 saturated carbocycles. The Labute approximate surface area is 120 Å². The average molecular weight is 368 g/mol. The summed E-state index contributed by atoms with van der Waals surface area (Å²) < 4.78 is 6.00. The van der Waals surface area contributed by atoms with Crippen molar-refractivity contribution < 1.29 is 4.74 Å². The van der Waals surface area contributed by atoms with Gasteiger partial charge in [0.1, 0.15) is 0 Å². The number of aliphatic imine (C=N–C) groups is 1. The monoisotopic (exact) mass is 367 g/mol. The van der Waals surface area contributed by atoms with Crippen molar-refractivity contribution in [3.05, 3.63) is 32.4 Å². The molecule has 0 aromatic heterocycles. The Morgan fingerprint density at radius 1 is 1.59 bits per heavy atom. The molecule has 0 fully saturated rings. The quantitative estimate of drug-likeness (QED) is 0.362. The summed E-state index contributed by atoms with van der Waals surface area (Å²) in [6.45, 7) is 1.72. The first kappa shape index (κ1) is 14.5. The number of guanidine groups is 1. The lowest BCUT2D eigenvalue weighted by atomic mass is 10.2. The average Bonchev–Trinajstić information content (AvgIpc) is 2.28. The van der Waals surface area contributed by atoms with Crippen LogP contribution in [0, 0.1) is 3.57 Å². The van der Waals surface area contributed by atoms with Gasteiger partial charge in [-0.15, -0.1) is 0 Å². The second kappa shape index (κ2) is 7.73. The standard InChI is InChI=1S/C11H15ClIN3O/c1-17-5-4-15-11(14)16-7-8-2-3-9(13)6-10(8)12/h2-3,6H,4-5,7H2,1H3,(H3,14,15,16). The van der Waals surface area contributed by atoms with E-state index in [1.807, 2.05) is 18.2 Å². The molecular formula is C11H15ClIN3O. The van der Waals surface area contributed by atoms with E-state index in [9.17, 15) is 0 Å². The summed E-state index contributed by atoms with van der Waals surface area (Å²) in [5.41, 5.74) is 6.64. The van der Waals surface area contributed by atoms with Gasteiger partial charge in [-0.25, -0.2) is 4.99 Å². The highest BCUT2D eigenvalue weighted by Crippen LogP contribution is 2.19. The number of halogens is 2. The van der Waals surface area contributed by atoms with E-state index in [4.69, 9.17) is 22.1 Å². The molecule has 0 atom stereocenters. The minimum atomic E-state index is 0.400. The number of nitrogens with two attached hydrogens (primary N) is 1. The Morgan fingerprint density at radius 2 is 2.35 bits per heavy atom. The molecule has 1 aromatic carbocycles. The number of ether oxygens (including phenoxy) is 1. The maximum absolute atomic E-state index is 6.08. The fourth-order valence-corrected chi connectivity index (χ4v) is 2.07. The molecule has 17 heavy (non-hydrogen) atoms.